The van der Waals surface area contributed by atoms with Crippen LogP contribution in [0.5, 0.6) is 34.5 Å². The molecular formula is C24H30O6. The van der Waals surface area contributed by atoms with E-state index < -0.39 is 0 Å². The van der Waals surface area contributed by atoms with Crippen LogP contribution in [0.3, 0.4) is 0 Å². The fourth-order valence-electron chi connectivity index (χ4n) is 4.11. The summed E-state index contributed by atoms with van der Waals surface area (Å²) >= 11 is 0. The van der Waals surface area contributed by atoms with Crippen LogP contribution in [-0.2, 0) is 12.8 Å². The quantitative estimate of drug-likeness (QED) is 0.631. The van der Waals surface area contributed by atoms with Crippen LogP contribution >= 0.6 is 0 Å². The second-order valence-electron chi connectivity index (χ2n) is 7.27. The van der Waals surface area contributed by atoms with Gasteiger partial charge in [-0.3, -0.25) is 0 Å². The Morgan fingerprint density at radius 3 is 1.10 bits per heavy atom. The Bertz CT molecular complexity index is 911. The maximum atomic E-state index is 5.87. The van der Waals surface area contributed by atoms with Crippen LogP contribution in [0.25, 0.3) is 11.1 Å². The van der Waals surface area contributed by atoms with Crippen LogP contribution in [-0.4, -0.2) is 42.7 Å². The van der Waals surface area contributed by atoms with Gasteiger partial charge in [-0.1, -0.05) is 11.1 Å². The van der Waals surface area contributed by atoms with Crippen molar-refractivity contribution < 1.29 is 28.4 Å². The molecule has 0 radical (unpaired) electrons. The normalized spacial score (nSPS) is 15.3. The van der Waals surface area contributed by atoms with Gasteiger partial charge in [-0.25, -0.2) is 0 Å². The fraction of sp³-hybridized carbons (Fsp3) is 0.417. The third kappa shape index (κ3) is 3.40. The maximum absolute atomic E-state index is 5.87. The Hall–Kier alpha value is -3.02. The number of methoxy groups -OCH3 is 6. The highest BCUT2D eigenvalue weighted by atomic mass is 16.5. The predicted molar refractivity (Wildman–Crippen MR) is 117 cm³/mol. The van der Waals surface area contributed by atoms with E-state index in [2.05, 4.69) is 13.8 Å². The minimum atomic E-state index is 0.542. The van der Waals surface area contributed by atoms with Crippen LogP contribution < -0.4 is 28.4 Å². The zero-order valence-corrected chi connectivity index (χ0v) is 19.0. The minimum Gasteiger partial charge on any atom is -0.493 e. The van der Waals surface area contributed by atoms with Gasteiger partial charge in [-0.2, -0.15) is 0 Å². The summed E-state index contributed by atoms with van der Waals surface area (Å²) in [6, 6.07) is 4.03. The molecule has 1 aliphatic rings. The first-order valence-corrected chi connectivity index (χ1v) is 9.74. The SMILES string of the molecule is COc1cc2c(c(OC)c1OC)-c1c(cc(OC)c(OC)c1OC)C/C(C)=C(/C)C2. The standard InChI is InChI=1S/C24H30O6/c1-13-9-15-11-17(25-3)21(27-5)23(29-7)19(15)20-16(10-14(13)2)12-18(26-4)22(28-6)24(20)30-8/h11-12H,9-10H2,1-8H3/b14-13-. The maximum Gasteiger partial charge on any atom is 0.203 e. The second-order valence-corrected chi connectivity index (χ2v) is 7.27. The van der Waals surface area contributed by atoms with Gasteiger partial charge in [0.1, 0.15) is 0 Å². The number of hydrogen-bond donors (Lipinski definition) is 0. The smallest absolute Gasteiger partial charge is 0.203 e. The van der Waals surface area contributed by atoms with Gasteiger partial charge in [0.05, 0.1) is 42.7 Å². The van der Waals surface area contributed by atoms with Crippen molar-refractivity contribution in [2.75, 3.05) is 42.7 Å². The van der Waals surface area contributed by atoms with Crippen molar-refractivity contribution in [1.82, 2.24) is 0 Å². The van der Waals surface area contributed by atoms with Crippen LogP contribution in [0.15, 0.2) is 23.3 Å². The molecule has 0 spiro atoms. The molecule has 6 nitrogen and oxygen atoms in total. The molecule has 0 amide bonds. The van der Waals surface area contributed by atoms with Gasteiger partial charge in [0.15, 0.2) is 23.0 Å². The van der Waals surface area contributed by atoms with Crippen LogP contribution in [0.1, 0.15) is 25.0 Å². The lowest BCUT2D eigenvalue weighted by molar-refractivity contribution is 0.321. The molecule has 0 saturated carbocycles. The van der Waals surface area contributed by atoms with Gasteiger partial charge in [-0.05, 0) is 49.9 Å². The monoisotopic (exact) mass is 414 g/mol. The Balaban J connectivity index is 2.55. The van der Waals surface area contributed by atoms with Crippen molar-refractivity contribution in [3.8, 4) is 45.6 Å². The average Bonchev–Trinajstić information content (AvgIpc) is 2.76. The molecule has 0 saturated heterocycles. The summed E-state index contributed by atoms with van der Waals surface area (Å²) in [7, 11) is 9.75. The van der Waals surface area contributed by atoms with Gasteiger partial charge in [0.25, 0.3) is 0 Å². The molecule has 2 aromatic rings. The van der Waals surface area contributed by atoms with Gasteiger partial charge in [0, 0.05) is 11.1 Å². The lowest BCUT2D eigenvalue weighted by atomic mass is 9.83. The zero-order chi connectivity index (χ0) is 22.0. The molecule has 162 valence electrons. The summed E-state index contributed by atoms with van der Waals surface area (Å²) in [4.78, 5) is 0. The molecule has 0 fully saturated rings. The molecule has 1 aliphatic carbocycles. The largest absolute Gasteiger partial charge is 0.493 e. The molecule has 6 heteroatoms. The Labute approximate surface area is 178 Å². The third-order valence-electron chi connectivity index (χ3n) is 5.71. The minimum absolute atomic E-state index is 0.542. The Morgan fingerprint density at radius 1 is 0.500 bits per heavy atom. The predicted octanol–water partition coefficient (Wildman–Crippen LogP) is 4.84. The molecule has 3 rings (SSSR count). The van der Waals surface area contributed by atoms with E-state index in [0.29, 0.717) is 34.5 Å². The number of rotatable bonds is 6. The van der Waals surface area contributed by atoms with Crippen LogP contribution in [0.4, 0.5) is 0 Å². The van der Waals surface area contributed by atoms with Crippen molar-refractivity contribution in [2.24, 2.45) is 0 Å². The first-order chi connectivity index (χ1) is 14.4. The van der Waals surface area contributed by atoms with Gasteiger partial charge < -0.3 is 28.4 Å². The van der Waals surface area contributed by atoms with Crippen LogP contribution in [0, 0.1) is 0 Å². The first-order valence-electron chi connectivity index (χ1n) is 9.74. The van der Waals surface area contributed by atoms with Gasteiger partial charge >= 0.3 is 0 Å². The fourth-order valence-corrected chi connectivity index (χ4v) is 4.11. The third-order valence-corrected chi connectivity index (χ3v) is 5.71. The van der Waals surface area contributed by atoms with E-state index in [9.17, 15) is 0 Å². The molecule has 0 N–H and O–H groups in total. The second kappa shape index (κ2) is 8.78. The summed E-state index contributed by atoms with van der Waals surface area (Å²) in [5.74, 6) is 3.54. The molecule has 0 aromatic heterocycles. The van der Waals surface area contributed by atoms with E-state index >= 15 is 0 Å². The Morgan fingerprint density at radius 2 is 0.833 bits per heavy atom. The number of allylic oxidation sites excluding steroid dienone is 2. The topological polar surface area (TPSA) is 55.4 Å². The molecule has 0 unspecified atom stereocenters. The van der Waals surface area contributed by atoms with Gasteiger partial charge in [0.2, 0.25) is 11.5 Å². The molecule has 0 bridgehead atoms. The van der Waals surface area contributed by atoms with E-state index in [1.165, 1.54) is 11.1 Å². The van der Waals surface area contributed by atoms with E-state index in [0.717, 1.165) is 35.1 Å². The van der Waals surface area contributed by atoms with Gasteiger partial charge in [-0.15, -0.1) is 0 Å². The summed E-state index contributed by atoms with van der Waals surface area (Å²) in [6.45, 7) is 4.32. The number of fused-ring (bicyclic) bond motifs is 3. The van der Waals surface area contributed by atoms with Crippen LogP contribution in [0.2, 0.25) is 0 Å². The van der Waals surface area contributed by atoms with E-state index in [4.69, 9.17) is 28.4 Å². The van der Waals surface area contributed by atoms with Crippen molar-refractivity contribution in [2.45, 2.75) is 26.7 Å². The molecule has 0 aliphatic heterocycles. The Kier molecular flexibility index (Phi) is 6.34. The van der Waals surface area contributed by atoms with E-state index in [-0.39, 0.29) is 0 Å². The van der Waals surface area contributed by atoms with Crippen molar-refractivity contribution >= 4 is 0 Å². The number of hydrogen-bond acceptors (Lipinski definition) is 6. The number of ether oxygens (including phenoxy) is 6. The number of benzene rings is 2. The molecule has 2 aromatic carbocycles. The summed E-state index contributed by atoms with van der Waals surface area (Å²) in [5.41, 5.74) is 6.54. The summed E-state index contributed by atoms with van der Waals surface area (Å²) in [6.07, 6.45) is 1.52. The van der Waals surface area contributed by atoms with Crippen molar-refractivity contribution in [3.05, 3.63) is 34.4 Å². The lowest BCUT2D eigenvalue weighted by Crippen LogP contribution is -2.09. The van der Waals surface area contributed by atoms with E-state index in [1.807, 2.05) is 12.1 Å². The zero-order valence-electron chi connectivity index (χ0n) is 19.0. The molecule has 30 heavy (non-hydrogen) atoms. The molecular weight excluding hydrogens is 384 g/mol. The van der Waals surface area contributed by atoms with E-state index in [1.54, 1.807) is 42.7 Å². The summed E-state index contributed by atoms with van der Waals surface area (Å²) in [5, 5.41) is 0. The first kappa shape index (κ1) is 21.7. The highest BCUT2D eigenvalue weighted by Crippen LogP contribution is 2.55. The van der Waals surface area contributed by atoms with Crippen molar-refractivity contribution in [1.29, 1.82) is 0 Å². The molecule has 0 atom stereocenters. The lowest BCUT2D eigenvalue weighted by Gasteiger charge is -2.27. The van der Waals surface area contributed by atoms with Crippen molar-refractivity contribution in [3.63, 3.8) is 0 Å². The highest BCUT2D eigenvalue weighted by Gasteiger charge is 2.30. The average molecular weight is 414 g/mol. The highest BCUT2D eigenvalue weighted by molar-refractivity contribution is 5.89. The summed E-state index contributed by atoms with van der Waals surface area (Å²) < 4.78 is 34.3. The molecule has 0 heterocycles.